The van der Waals surface area contributed by atoms with Crippen molar-refractivity contribution in [2.24, 2.45) is 0 Å². The summed E-state index contributed by atoms with van der Waals surface area (Å²) in [5, 5.41) is 11.2. The van der Waals surface area contributed by atoms with E-state index in [0.29, 0.717) is 19.1 Å². The van der Waals surface area contributed by atoms with Crippen LogP contribution in [0.2, 0.25) is 0 Å². The molecule has 0 amide bonds. The Hall–Kier alpha value is -0.710. The number of aliphatic hydroxyl groups is 1. The molecule has 16 heavy (non-hydrogen) atoms. The van der Waals surface area contributed by atoms with Gasteiger partial charge in [0.25, 0.3) is 0 Å². The maximum absolute atomic E-state index is 10.2. The van der Waals surface area contributed by atoms with Crippen LogP contribution in [0.4, 0.5) is 0 Å². The molecule has 0 radical (unpaired) electrons. The van der Waals surface area contributed by atoms with E-state index in [1.807, 2.05) is 6.08 Å². The maximum Gasteiger partial charge on any atom is 0.121 e. The summed E-state index contributed by atoms with van der Waals surface area (Å²) >= 11 is 1.60. The number of fused-ring (bicyclic) bond motifs is 1. The van der Waals surface area contributed by atoms with Gasteiger partial charge in [-0.25, -0.2) is 4.98 Å². The molecule has 88 valence electrons. The summed E-state index contributed by atoms with van der Waals surface area (Å²) < 4.78 is 5.34. The third kappa shape index (κ3) is 2.05. The molecule has 2 rings (SSSR count). The molecule has 1 aromatic heterocycles. The van der Waals surface area contributed by atoms with Gasteiger partial charge in [-0.2, -0.15) is 0 Å². The first-order valence-corrected chi connectivity index (χ1v) is 6.27. The van der Waals surface area contributed by atoms with Crippen molar-refractivity contribution < 1.29 is 9.84 Å². The van der Waals surface area contributed by atoms with Crippen LogP contribution in [0, 0.1) is 0 Å². The van der Waals surface area contributed by atoms with Crippen molar-refractivity contribution in [3.05, 3.63) is 28.2 Å². The van der Waals surface area contributed by atoms with Crippen molar-refractivity contribution in [2.45, 2.75) is 38.4 Å². The summed E-state index contributed by atoms with van der Waals surface area (Å²) in [5.74, 6) is 0.365. The van der Waals surface area contributed by atoms with Gasteiger partial charge >= 0.3 is 0 Å². The van der Waals surface area contributed by atoms with Gasteiger partial charge in [0.1, 0.15) is 5.60 Å². The molecule has 3 nitrogen and oxygen atoms in total. The number of hydrogen-bond acceptors (Lipinski definition) is 4. The minimum absolute atomic E-state index is 0.359. The summed E-state index contributed by atoms with van der Waals surface area (Å²) in [7, 11) is 0. The Morgan fingerprint density at radius 3 is 3.12 bits per heavy atom. The van der Waals surface area contributed by atoms with E-state index in [9.17, 15) is 5.11 Å². The second-order valence-electron chi connectivity index (χ2n) is 4.52. The van der Waals surface area contributed by atoms with Crippen LogP contribution in [-0.4, -0.2) is 16.7 Å². The summed E-state index contributed by atoms with van der Waals surface area (Å²) in [6.07, 6.45) is 2.81. The van der Waals surface area contributed by atoms with Crippen LogP contribution in [0.15, 0.2) is 12.7 Å². The minimum Gasteiger partial charge on any atom is -0.382 e. The highest BCUT2D eigenvalue weighted by Gasteiger charge is 2.34. The minimum atomic E-state index is -0.878. The van der Waals surface area contributed by atoms with Gasteiger partial charge in [0.05, 0.1) is 28.8 Å². The maximum atomic E-state index is 10.2. The van der Waals surface area contributed by atoms with E-state index >= 15 is 0 Å². The molecule has 0 fully saturated rings. The molecule has 0 saturated carbocycles. The number of aromatic nitrogens is 1. The molecule has 0 saturated heterocycles. The third-order valence-corrected chi connectivity index (χ3v) is 4.35. The van der Waals surface area contributed by atoms with Crippen LogP contribution in [0.3, 0.4) is 0 Å². The van der Waals surface area contributed by atoms with Crippen molar-refractivity contribution in [1.82, 2.24) is 4.98 Å². The van der Waals surface area contributed by atoms with Gasteiger partial charge in [-0.05, 0) is 13.3 Å². The normalized spacial score (nSPS) is 26.2. The van der Waals surface area contributed by atoms with Crippen LogP contribution >= 0.6 is 11.3 Å². The van der Waals surface area contributed by atoms with Gasteiger partial charge in [-0.3, -0.25) is 0 Å². The van der Waals surface area contributed by atoms with Crippen LogP contribution in [-0.2, 0) is 16.9 Å². The van der Waals surface area contributed by atoms with Crippen molar-refractivity contribution in [3.63, 3.8) is 0 Å². The number of nitrogens with zero attached hydrogens (tertiary/aromatic N) is 1. The van der Waals surface area contributed by atoms with E-state index in [4.69, 9.17) is 4.74 Å². The van der Waals surface area contributed by atoms with Gasteiger partial charge < -0.3 is 9.84 Å². The predicted molar refractivity (Wildman–Crippen MR) is 64.6 cm³/mol. The summed E-state index contributed by atoms with van der Waals surface area (Å²) in [5.41, 5.74) is 0.0179. The Bertz CT molecular complexity index is 398. The van der Waals surface area contributed by atoms with Crippen molar-refractivity contribution in [1.29, 1.82) is 0 Å². The van der Waals surface area contributed by atoms with Crippen molar-refractivity contribution in [2.75, 3.05) is 6.61 Å². The highest BCUT2D eigenvalue weighted by molar-refractivity contribution is 7.12. The zero-order valence-electron chi connectivity index (χ0n) is 9.69. The smallest absolute Gasteiger partial charge is 0.121 e. The molecule has 0 bridgehead atoms. The summed E-state index contributed by atoms with van der Waals surface area (Å²) in [6, 6.07) is 0. The van der Waals surface area contributed by atoms with Crippen molar-refractivity contribution >= 4 is 11.3 Å². The highest BCUT2D eigenvalue weighted by Crippen LogP contribution is 2.37. The van der Waals surface area contributed by atoms with E-state index in [0.717, 1.165) is 22.0 Å². The lowest BCUT2D eigenvalue weighted by molar-refractivity contribution is -0.0586. The van der Waals surface area contributed by atoms with Crippen LogP contribution < -0.4 is 0 Å². The first-order chi connectivity index (χ1) is 7.54. The fourth-order valence-electron chi connectivity index (χ4n) is 1.86. The van der Waals surface area contributed by atoms with Gasteiger partial charge in [0.15, 0.2) is 0 Å². The lowest BCUT2D eigenvalue weighted by Gasteiger charge is -2.26. The molecule has 4 heteroatoms. The standard InChI is InChI=1S/C12H17NO2S/c1-4-5-8(2)11-13-9-6-15-7-12(3,14)10(9)16-11/h4,8,14H,1,5-7H2,2-3H3. The molecular weight excluding hydrogens is 222 g/mol. The van der Waals surface area contributed by atoms with Crippen molar-refractivity contribution in [3.8, 4) is 0 Å². The largest absolute Gasteiger partial charge is 0.382 e. The van der Waals surface area contributed by atoms with E-state index < -0.39 is 5.60 Å². The van der Waals surface area contributed by atoms with Crippen LogP contribution in [0.25, 0.3) is 0 Å². The molecular formula is C12H17NO2S. The molecule has 0 aromatic carbocycles. The molecule has 1 N–H and O–H groups in total. The fraction of sp³-hybridized carbons (Fsp3) is 0.583. The Morgan fingerprint density at radius 1 is 1.75 bits per heavy atom. The zero-order valence-corrected chi connectivity index (χ0v) is 10.5. The van der Waals surface area contributed by atoms with Gasteiger partial charge in [0.2, 0.25) is 0 Å². The molecule has 0 spiro atoms. The predicted octanol–water partition coefficient (Wildman–Crippen LogP) is 2.56. The lowest BCUT2D eigenvalue weighted by Crippen LogP contribution is -2.31. The molecule has 0 aliphatic carbocycles. The number of hydrogen-bond donors (Lipinski definition) is 1. The molecule has 1 aliphatic heterocycles. The fourth-order valence-corrected chi connectivity index (χ4v) is 3.03. The number of allylic oxidation sites excluding steroid dienone is 1. The van der Waals surface area contributed by atoms with Gasteiger partial charge in [-0.15, -0.1) is 17.9 Å². The quantitative estimate of drug-likeness (QED) is 0.824. The van der Waals surface area contributed by atoms with E-state index in [2.05, 4.69) is 18.5 Å². The molecule has 2 atom stereocenters. The zero-order chi connectivity index (χ0) is 11.8. The number of thiazole rings is 1. The van der Waals surface area contributed by atoms with Gasteiger partial charge in [0, 0.05) is 5.92 Å². The Morgan fingerprint density at radius 2 is 2.50 bits per heavy atom. The first-order valence-electron chi connectivity index (χ1n) is 5.45. The van der Waals surface area contributed by atoms with E-state index in [1.165, 1.54) is 0 Å². The Kier molecular flexibility index (Phi) is 3.15. The average molecular weight is 239 g/mol. The molecule has 2 heterocycles. The summed E-state index contributed by atoms with van der Waals surface area (Å²) in [6.45, 7) is 8.52. The average Bonchev–Trinajstić information content (AvgIpc) is 2.63. The Balaban J connectivity index is 2.32. The molecule has 1 aliphatic rings. The SMILES string of the molecule is C=CCC(C)c1nc2c(s1)C(C)(O)COC2. The third-order valence-electron chi connectivity index (χ3n) is 2.77. The van der Waals surface area contributed by atoms with E-state index in [-0.39, 0.29) is 0 Å². The summed E-state index contributed by atoms with van der Waals surface area (Å²) in [4.78, 5) is 5.51. The first kappa shape index (κ1) is 11.8. The number of ether oxygens (including phenoxy) is 1. The second kappa shape index (κ2) is 4.28. The van der Waals surface area contributed by atoms with Crippen LogP contribution in [0.1, 0.15) is 41.8 Å². The highest BCUT2D eigenvalue weighted by atomic mass is 32.1. The molecule has 1 aromatic rings. The number of rotatable bonds is 3. The van der Waals surface area contributed by atoms with Crippen LogP contribution in [0.5, 0.6) is 0 Å². The van der Waals surface area contributed by atoms with E-state index in [1.54, 1.807) is 18.3 Å². The lowest BCUT2D eigenvalue weighted by atomic mass is 10.0. The Labute approximate surface area is 99.8 Å². The van der Waals surface area contributed by atoms with Gasteiger partial charge in [-0.1, -0.05) is 13.0 Å². The second-order valence-corrected chi connectivity index (χ2v) is 5.55. The monoisotopic (exact) mass is 239 g/mol. The molecule has 2 unspecified atom stereocenters. The topological polar surface area (TPSA) is 42.4 Å².